The Morgan fingerprint density at radius 2 is 2.05 bits per heavy atom. The molecule has 0 spiro atoms. The van der Waals surface area contributed by atoms with Crippen LogP contribution in [0.4, 0.5) is 0 Å². The zero-order valence-electron chi connectivity index (χ0n) is 13.1. The molecule has 0 aliphatic carbocycles. The first-order valence-electron chi connectivity index (χ1n) is 7.78. The molecule has 112 valence electrons. The van der Waals surface area contributed by atoms with E-state index in [1.165, 1.54) is 29.2 Å². The summed E-state index contributed by atoms with van der Waals surface area (Å²) in [5.74, 6) is 2.55. The van der Waals surface area contributed by atoms with Crippen molar-refractivity contribution in [3.8, 4) is 0 Å². The maximum atomic E-state index is 3.52. The van der Waals surface area contributed by atoms with Gasteiger partial charge in [-0.25, -0.2) is 0 Å². The van der Waals surface area contributed by atoms with Gasteiger partial charge in [0.25, 0.3) is 0 Å². The maximum Gasteiger partial charge on any atom is 0.0239 e. The first-order chi connectivity index (χ1) is 9.66. The molecule has 1 aliphatic rings. The topological polar surface area (TPSA) is 15.3 Å². The molecule has 1 atom stereocenters. The molecule has 1 saturated heterocycles. The Balaban J connectivity index is 1.96. The average Bonchev–Trinajstić information content (AvgIpc) is 2.43. The fraction of sp³-hybridized carbons (Fsp3) is 0.647. The second-order valence-corrected chi connectivity index (χ2v) is 7.17. The van der Waals surface area contributed by atoms with Crippen LogP contribution < -0.4 is 5.32 Å². The summed E-state index contributed by atoms with van der Waals surface area (Å²) < 4.78 is 0. The highest BCUT2D eigenvalue weighted by molar-refractivity contribution is 7.99. The predicted octanol–water partition coefficient (Wildman–Crippen LogP) is 3.16. The molecule has 2 nitrogen and oxygen atoms in total. The van der Waals surface area contributed by atoms with Crippen LogP contribution in [0.5, 0.6) is 0 Å². The Morgan fingerprint density at radius 3 is 2.75 bits per heavy atom. The molecule has 1 heterocycles. The van der Waals surface area contributed by atoms with E-state index >= 15 is 0 Å². The molecular weight excluding hydrogens is 264 g/mol. The lowest BCUT2D eigenvalue weighted by atomic mass is 10.0. The Hall–Kier alpha value is -0.510. The number of hydrogen-bond acceptors (Lipinski definition) is 3. The molecule has 0 aromatic heterocycles. The van der Waals surface area contributed by atoms with E-state index in [1.54, 1.807) is 0 Å². The van der Waals surface area contributed by atoms with Gasteiger partial charge >= 0.3 is 0 Å². The van der Waals surface area contributed by atoms with Gasteiger partial charge in [-0.1, -0.05) is 38.1 Å². The molecule has 1 fully saturated rings. The predicted molar refractivity (Wildman–Crippen MR) is 90.5 cm³/mol. The highest BCUT2D eigenvalue weighted by Gasteiger charge is 2.19. The summed E-state index contributed by atoms with van der Waals surface area (Å²) in [5.41, 5.74) is 3.02. The van der Waals surface area contributed by atoms with Crippen molar-refractivity contribution < 1.29 is 0 Å². The summed E-state index contributed by atoms with van der Waals surface area (Å²) in [4.78, 5) is 2.63. The van der Waals surface area contributed by atoms with Gasteiger partial charge < -0.3 is 5.32 Å². The molecule has 1 aromatic carbocycles. The fourth-order valence-electron chi connectivity index (χ4n) is 2.67. The second-order valence-electron chi connectivity index (χ2n) is 6.02. The van der Waals surface area contributed by atoms with E-state index in [0.717, 1.165) is 19.5 Å². The molecule has 0 amide bonds. The van der Waals surface area contributed by atoms with Crippen molar-refractivity contribution in [3.63, 3.8) is 0 Å². The minimum Gasteiger partial charge on any atom is -0.314 e. The zero-order chi connectivity index (χ0) is 14.4. The van der Waals surface area contributed by atoms with E-state index in [9.17, 15) is 0 Å². The van der Waals surface area contributed by atoms with Crippen molar-refractivity contribution in [1.82, 2.24) is 10.2 Å². The van der Waals surface area contributed by atoms with E-state index in [1.807, 2.05) is 0 Å². The standard InChI is InChI=1S/C17H28N2S/c1-14(2)18-9-8-16-6-4-5-7-17(16)12-19-10-11-20-13-15(19)3/h4-7,14-15,18H,8-13H2,1-3H3. The third-order valence-electron chi connectivity index (χ3n) is 3.94. The minimum absolute atomic E-state index is 0.571. The molecule has 2 rings (SSSR count). The first kappa shape index (κ1) is 15.9. The molecule has 1 aliphatic heterocycles. The number of nitrogens with zero attached hydrogens (tertiary/aromatic N) is 1. The summed E-state index contributed by atoms with van der Waals surface area (Å²) in [6.45, 7) is 10.2. The summed E-state index contributed by atoms with van der Waals surface area (Å²) in [6.07, 6.45) is 1.13. The van der Waals surface area contributed by atoms with Gasteiger partial charge in [0, 0.05) is 36.7 Å². The molecule has 0 radical (unpaired) electrons. The van der Waals surface area contributed by atoms with Crippen molar-refractivity contribution in [2.24, 2.45) is 0 Å². The molecule has 1 N–H and O–H groups in total. The van der Waals surface area contributed by atoms with Crippen LogP contribution in [0.15, 0.2) is 24.3 Å². The quantitative estimate of drug-likeness (QED) is 0.867. The van der Waals surface area contributed by atoms with Crippen LogP contribution in [0.3, 0.4) is 0 Å². The molecule has 0 bridgehead atoms. The lowest BCUT2D eigenvalue weighted by molar-refractivity contribution is 0.223. The zero-order valence-corrected chi connectivity index (χ0v) is 13.9. The van der Waals surface area contributed by atoms with Crippen LogP contribution in [0.2, 0.25) is 0 Å². The molecule has 3 heteroatoms. The Bertz CT molecular complexity index is 406. The van der Waals surface area contributed by atoms with Crippen molar-refractivity contribution in [2.75, 3.05) is 24.6 Å². The number of hydrogen-bond donors (Lipinski definition) is 1. The number of rotatable bonds is 6. The van der Waals surface area contributed by atoms with E-state index in [-0.39, 0.29) is 0 Å². The van der Waals surface area contributed by atoms with Crippen molar-refractivity contribution >= 4 is 11.8 Å². The van der Waals surface area contributed by atoms with Crippen molar-refractivity contribution in [2.45, 2.75) is 45.8 Å². The van der Waals surface area contributed by atoms with E-state index in [4.69, 9.17) is 0 Å². The molecule has 20 heavy (non-hydrogen) atoms. The second kappa shape index (κ2) is 8.06. The van der Waals surface area contributed by atoms with Crippen molar-refractivity contribution in [3.05, 3.63) is 35.4 Å². The minimum atomic E-state index is 0.571. The molecule has 0 saturated carbocycles. The van der Waals surface area contributed by atoms with Crippen molar-refractivity contribution in [1.29, 1.82) is 0 Å². The Morgan fingerprint density at radius 1 is 1.30 bits per heavy atom. The van der Waals surface area contributed by atoms with Crippen LogP contribution in [-0.4, -0.2) is 41.6 Å². The number of nitrogens with one attached hydrogen (secondary N) is 1. The summed E-state index contributed by atoms with van der Waals surface area (Å²) >= 11 is 2.09. The summed E-state index contributed by atoms with van der Waals surface area (Å²) in [5, 5.41) is 3.52. The van der Waals surface area contributed by atoms with Gasteiger partial charge in [0.2, 0.25) is 0 Å². The highest BCUT2D eigenvalue weighted by Crippen LogP contribution is 2.20. The third-order valence-corrected chi connectivity index (χ3v) is 5.13. The van der Waals surface area contributed by atoms with Crippen LogP contribution in [0.1, 0.15) is 31.9 Å². The monoisotopic (exact) mass is 292 g/mol. The maximum absolute atomic E-state index is 3.52. The first-order valence-corrected chi connectivity index (χ1v) is 8.94. The van der Waals surface area contributed by atoms with E-state index < -0.39 is 0 Å². The number of thioether (sulfide) groups is 1. The lowest BCUT2D eigenvalue weighted by Crippen LogP contribution is -2.39. The van der Waals surface area contributed by atoms with Gasteiger partial charge in [-0.2, -0.15) is 11.8 Å². The Labute approximate surface area is 128 Å². The van der Waals surface area contributed by atoms with Gasteiger partial charge in [-0.3, -0.25) is 4.90 Å². The van der Waals surface area contributed by atoms with Crippen LogP contribution >= 0.6 is 11.8 Å². The van der Waals surface area contributed by atoms with Gasteiger partial charge in [-0.15, -0.1) is 0 Å². The summed E-state index contributed by atoms with van der Waals surface area (Å²) in [7, 11) is 0. The number of benzene rings is 1. The Kier molecular flexibility index (Phi) is 6.40. The van der Waals surface area contributed by atoms with Gasteiger partial charge in [-0.05, 0) is 31.0 Å². The van der Waals surface area contributed by atoms with Crippen LogP contribution in [0.25, 0.3) is 0 Å². The fourth-order valence-corrected chi connectivity index (χ4v) is 3.75. The van der Waals surface area contributed by atoms with Gasteiger partial charge in [0.1, 0.15) is 0 Å². The third kappa shape index (κ3) is 4.80. The van der Waals surface area contributed by atoms with Gasteiger partial charge in [0.15, 0.2) is 0 Å². The van der Waals surface area contributed by atoms with Crippen LogP contribution in [0, 0.1) is 0 Å². The molecular formula is C17H28N2S. The van der Waals surface area contributed by atoms with E-state index in [0.29, 0.717) is 12.1 Å². The lowest BCUT2D eigenvalue weighted by Gasteiger charge is -2.33. The summed E-state index contributed by atoms with van der Waals surface area (Å²) in [6, 6.07) is 10.2. The van der Waals surface area contributed by atoms with E-state index in [2.05, 4.69) is 67.0 Å². The van der Waals surface area contributed by atoms with Crippen LogP contribution in [-0.2, 0) is 13.0 Å². The SMILES string of the molecule is CC(C)NCCc1ccccc1CN1CCSCC1C. The van der Waals surface area contributed by atoms with Gasteiger partial charge in [0.05, 0.1) is 0 Å². The smallest absolute Gasteiger partial charge is 0.0239 e. The highest BCUT2D eigenvalue weighted by atomic mass is 32.2. The largest absolute Gasteiger partial charge is 0.314 e. The molecule has 1 unspecified atom stereocenters. The molecule has 1 aromatic rings. The average molecular weight is 292 g/mol. The normalized spacial score (nSPS) is 20.5.